The van der Waals surface area contributed by atoms with Crippen LogP contribution in [0.15, 0.2) is 36.5 Å². The summed E-state index contributed by atoms with van der Waals surface area (Å²) in [5, 5.41) is 18.2. The second kappa shape index (κ2) is 34.6. The van der Waals surface area contributed by atoms with E-state index in [-0.39, 0.29) is 19.4 Å². The smallest absolute Gasteiger partial charge is 0.462 e. The second-order valence-corrected chi connectivity index (χ2v) is 14.0. The Balaban J connectivity index is 4.43. The Bertz CT molecular complexity index is 920. The minimum Gasteiger partial charge on any atom is -0.462 e. The standard InChI is InChI=1S/C38H69O10P/c1-3-5-7-9-11-13-15-16-17-18-20-21-23-25-27-29-37(41)45-33-36(34-47-49(43,44)46-32-35(40)31-39)48-38(42)30-28-26-24-22-19-14-12-10-8-6-4-2/h10,12,16-17,20-21,35-36,39-40H,3-9,11,13-15,18-19,22-34H2,1-2H3,(H,43,44)/b12-10+,17-16+,21-20+/t35-,36+/m0/s1. The summed E-state index contributed by atoms with van der Waals surface area (Å²) in [4.78, 5) is 34.7. The zero-order chi connectivity index (χ0) is 36.3. The molecule has 0 heterocycles. The van der Waals surface area contributed by atoms with Crippen LogP contribution in [0, 0.1) is 0 Å². The van der Waals surface area contributed by atoms with E-state index in [0.29, 0.717) is 12.8 Å². The van der Waals surface area contributed by atoms with Crippen molar-refractivity contribution in [2.45, 2.75) is 167 Å². The minimum absolute atomic E-state index is 0.166. The summed E-state index contributed by atoms with van der Waals surface area (Å²) < 4.78 is 32.5. The number of aliphatic hydroxyl groups is 2. The molecule has 0 aliphatic heterocycles. The maximum absolute atomic E-state index is 12.5. The monoisotopic (exact) mass is 716 g/mol. The summed E-state index contributed by atoms with van der Waals surface area (Å²) in [7, 11) is -4.62. The summed E-state index contributed by atoms with van der Waals surface area (Å²) in [6, 6.07) is 0. The molecule has 3 atom stereocenters. The van der Waals surface area contributed by atoms with Gasteiger partial charge >= 0.3 is 19.8 Å². The molecule has 0 aromatic carbocycles. The summed E-state index contributed by atoms with van der Waals surface area (Å²) in [5.41, 5.74) is 0. The molecule has 0 saturated carbocycles. The quantitative estimate of drug-likeness (QED) is 0.0251. The fourth-order valence-corrected chi connectivity index (χ4v) is 5.56. The van der Waals surface area contributed by atoms with Crippen LogP contribution in [0.2, 0.25) is 0 Å². The molecule has 0 aliphatic rings. The molecule has 11 heteroatoms. The lowest BCUT2D eigenvalue weighted by atomic mass is 10.1. The third-order valence-corrected chi connectivity index (χ3v) is 8.72. The van der Waals surface area contributed by atoms with Gasteiger partial charge in [-0.15, -0.1) is 0 Å². The fourth-order valence-electron chi connectivity index (χ4n) is 4.77. The van der Waals surface area contributed by atoms with Crippen LogP contribution in [0.5, 0.6) is 0 Å². The predicted octanol–water partition coefficient (Wildman–Crippen LogP) is 9.22. The number of esters is 2. The molecule has 1 unspecified atom stereocenters. The maximum atomic E-state index is 12.5. The molecule has 49 heavy (non-hydrogen) atoms. The predicted molar refractivity (Wildman–Crippen MR) is 196 cm³/mol. The Hall–Kier alpha value is -1.81. The van der Waals surface area contributed by atoms with Crippen molar-refractivity contribution in [3.63, 3.8) is 0 Å². The van der Waals surface area contributed by atoms with Crippen LogP contribution in [-0.2, 0) is 32.7 Å². The average molecular weight is 717 g/mol. The zero-order valence-corrected chi connectivity index (χ0v) is 31.5. The van der Waals surface area contributed by atoms with Crippen molar-refractivity contribution in [2.75, 3.05) is 26.4 Å². The molecule has 0 bridgehead atoms. The van der Waals surface area contributed by atoms with Crippen molar-refractivity contribution < 1.29 is 47.8 Å². The molecule has 0 aliphatic carbocycles. The fraction of sp³-hybridized carbons (Fsp3) is 0.789. The SMILES string of the molecule is CCCC/C=C/CCCCCCCC(=O)O[C@H](COC(=O)CCCC/C=C/C/C=C/CCCCCCCC)COP(=O)(O)OC[C@@H](O)CO. The van der Waals surface area contributed by atoms with Crippen LogP contribution >= 0.6 is 7.82 Å². The van der Waals surface area contributed by atoms with E-state index in [9.17, 15) is 24.2 Å². The van der Waals surface area contributed by atoms with Crippen molar-refractivity contribution in [1.29, 1.82) is 0 Å². The number of rotatable bonds is 35. The molecule has 0 fully saturated rings. The third kappa shape index (κ3) is 34.4. The highest BCUT2D eigenvalue weighted by atomic mass is 31.2. The lowest BCUT2D eigenvalue weighted by Gasteiger charge is -2.20. The molecule has 0 rings (SSSR count). The molecular formula is C38H69O10P. The third-order valence-electron chi connectivity index (χ3n) is 7.77. The number of phosphoric ester groups is 1. The lowest BCUT2D eigenvalue weighted by molar-refractivity contribution is -0.161. The van der Waals surface area contributed by atoms with Crippen LogP contribution in [0.1, 0.15) is 155 Å². The first-order valence-corrected chi connectivity index (χ1v) is 20.4. The molecule has 286 valence electrons. The highest BCUT2D eigenvalue weighted by Gasteiger charge is 2.27. The number of hydrogen-bond acceptors (Lipinski definition) is 9. The van der Waals surface area contributed by atoms with E-state index >= 15 is 0 Å². The molecule has 3 N–H and O–H groups in total. The molecule has 0 saturated heterocycles. The van der Waals surface area contributed by atoms with Gasteiger partial charge in [-0.1, -0.05) is 115 Å². The van der Waals surface area contributed by atoms with Gasteiger partial charge in [-0.25, -0.2) is 4.57 Å². The van der Waals surface area contributed by atoms with Gasteiger partial charge in [0.2, 0.25) is 0 Å². The number of aliphatic hydroxyl groups excluding tert-OH is 2. The van der Waals surface area contributed by atoms with Crippen molar-refractivity contribution in [1.82, 2.24) is 0 Å². The number of allylic oxidation sites excluding steroid dienone is 6. The minimum atomic E-state index is -4.62. The van der Waals surface area contributed by atoms with Gasteiger partial charge in [-0.2, -0.15) is 0 Å². The first-order chi connectivity index (χ1) is 23.7. The van der Waals surface area contributed by atoms with Crippen LogP contribution in [0.3, 0.4) is 0 Å². The first kappa shape index (κ1) is 47.2. The Kier molecular flexibility index (Phi) is 33.4. The van der Waals surface area contributed by atoms with Crippen LogP contribution in [0.4, 0.5) is 0 Å². The second-order valence-electron chi connectivity index (χ2n) is 12.6. The molecule has 10 nitrogen and oxygen atoms in total. The summed E-state index contributed by atoms with van der Waals surface area (Å²) in [6.07, 6.45) is 32.7. The number of carbonyl (C=O) groups excluding carboxylic acids is 2. The Morgan fingerprint density at radius 2 is 1.08 bits per heavy atom. The number of carbonyl (C=O) groups is 2. The van der Waals surface area contributed by atoms with Crippen LogP contribution in [0.25, 0.3) is 0 Å². The van der Waals surface area contributed by atoms with E-state index in [2.05, 4.69) is 54.8 Å². The number of unbranched alkanes of at least 4 members (excludes halogenated alkanes) is 15. The molecule has 0 spiro atoms. The highest BCUT2D eigenvalue weighted by Crippen LogP contribution is 2.43. The number of ether oxygens (including phenoxy) is 2. The average Bonchev–Trinajstić information content (AvgIpc) is 3.09. The molecule has 0 radical (unpaired) electrons. The van der Waals surface area contributed by atoms with Crippen LogP contribution in [-0.4, -0.2) is 65.7 Å². The molecule has 0 amide bonds. The molecular weight excluding hydrogens is 647 g/mol. The van der Waals surface area contributed by atoms with Gasteiger partial charge in [0.05, 0.1) is 19.8 Å². The zero-order valence-electron chi connectivity index (χ0n) is 30.7. The summed E-state index contributed by atoms with van der Waals surface area (Å²) in [6.45, 7) is 2.26. The summed E-state index contributed by atoms with van der Waals surface area (Å²) in [5.74, 6) is -0.977. The van der Waals surface area contributed by atoms with Crippen molar-refractivity contribution in [3.05, 3.63) is 36.5 Å². The Morgan fingerprint density at radius 1 is 0.612 bits per heavy atom. The first-order valence-electron chi connectivity index (χ1n) is 18.9. The Morgan fingerprint density at radius 3 is 1.69 bits per heavy atom. The Labute approximate surface area is 297 Å². The van der Waals surface area contributed by atoms with Gasteiger partial charge < -0.3 is 24.6 Å². The van der Waals surface area contributed by atoms with E-state index < -0.39 is 51.8 Å². The van der Waals surface area contributed by atoms with Gasteiger partial charge in [-0.3, -0.25) is 18.6 Å². The van der Waals surface area contributed by atoms with Gasteiger partial charge in [0.25, 0.3) is 0 Å². The van der Waals surface area contributed by atoms with Gasteiger partial charge in [0.15, 0.2) is 6.10 Å². The lowest BCUT2D eigenvalue weighted by Crippen LogP contribution is -2.29. The normalized spacial score (nSPS) is 14.5. The maximum Gasteiger partial charge on any atom is 0.472 e. The van der Waals surface area contributed by atoms with E-state index in [1.54, 1.807) is 0 Å². The van der Waals surface area contributed by atoms with E-state index in [4.69, 9.17) is 19.1 Å². The van der Waals surface area contributed by atoms with Gasteiger partial charge in [0, 0.05) is 12.8 Å². The highest BCUT2D eigenvalue weighted by molar-refractivity contribution is 7.47. The summed E-state index contributed by atoms with van der Waals surface area (Å²) >= 11 is 0. The van der Waals surface area contributed by atoms with Crippen molar-refractivity contribution in [2.24, 2.45) is 0 Å². The number of hydrogen-bond donors (Lipinski definition) is 3. The largest absolute Gasteiger partial charge is 0.472 e. The van der Waals surface area contributed by atoms with Gasteiger partial charge in [-0.05, 0) is 64.2 Å². The topological polar surface area (TPSA) is 149 Å². The molecule has 0 aromatic rings. The van der Waals surface area contributed by atoms with E-state index in [1.807, 2.05) is 0 Å². The van der Waals surface area contributed by atoms with Crippen LogP contribution < -0.4 is 0 Å². The number of phosphoric acid groups is 1. The van der Waals surface area contributed by atoms with Crippen molar-refractivity contribution in [3.8, 4) is 0 Å². The van der Waals surface area contributed by atoms with E-state index in [0.717, 1.165) is 64.2 Å². The van der Waals surface area contributed by atoms with Crippen molar-refractivity contribution >= 4 is 19.8 Å². The van der Waals surface area contributed by atoms with E-state index in [1.165, 1.54) is 51.4 Å². The van der Waals surface area contributed by atoms with Gasteiger partial charge in [0.1, 0.15) is 12.7 Å². The molecule has 0 aromatic heterocycles.